The minimum absolute atomic E-state index is 0.0145. The SMILES string of the molecule is CCC(CC)C(=O)N1CCC(NC(=O)c2c(C)nn(Cc3ccccc3Cl)c2Cl)CC1. The lowest BCUT2D eigenvalue weighted by molar-refractivity contribution is -0.136. The summed E-state index contributed by atoms with van der Waals surface area (Å²) in [5.74, 6) is 0.101. The average Bonchev–Trinajstić information content (AvgIpc) is 3.04. The summed E-state index contributed by atoms with van der Waals surface area (Å²) in [6, 6.07) is 7.51. The van der Waals surface area contributed by atoms with Gasteiger partial charge in [0.2, 0.25) is 5.91 Å². The molecule has 2 aromatic rings. The van der Waals surface area contributed by atoms with Crippen molar-refractivity contribution in [1.82, 2.24) is 20.0 Å². The maximum Gasteiger partial charge on any atom is 0.256 e. The van der Waals surface area contributed by atoms with Crippen molar-refractivity contribution in [1.29, 1.82) is 0 Å². The number of hydrogen-bond acceptors (Lipinski definition) is 3. The van der Waals surface area contributed by atoms with Gasteiger partial charge in [-0.15, -0.1) is 0 Å². The van der Waals surface area contributed by atoms with Crippen molar-refractivity contribution in [2.24, 2.45) is 5.92 Å². The molecule has 2 heterocycles. The second-order valence-electron chi connectivity index (χ2n) is 8.09. The minimum atomic E-state index is -0.224. The van der Waals surface area contributed by atoms with E-state index in [1.54, 1.807) is 11.6 Å². The highest BCUT2D eigenvalue weighted by atomic mass is 35.5. The number of nitrogens with one attached hydrogen (secondary N) is 1. The lowest BCUT2D eigenvalue weighted by atomic mass is 9.98. The lowest BCUT2D eigenvalue weighted by Crippen LogP contribution is -2.48. The van der Waals surface area contributed by atoms with Crippen molar-refractivity contribution in [3.63, 3.8) is 0 Å². The third-order valence-electron chi connectivity index (χ3n) is 6.05. The fourth-order valence-corrected chi connectivity index (χ4v) is 4.62. The lowest BCUT2D eigenvalue weighted by Gasteiger charge is -2.34. The van der Waals surface area contributed by atoms with E-state index < -0.39 is 0 Å². The van der Waals surface area contributed by atoms with Gasteiger partial charge >= 0.3 is 0 Å². The highest BCUT2D eigenvalue weighted by molar-refractivity contribution is 6.33. The minimum Gasteiger partial charge on any atom is -0.349 e. The number of amides is 2. The van der Waals surface area contributed by atoms with Crippen LogP contribution < -0.4 is 5.32 Å². The number of aromatic nitrogens is 2. The molecule has 168 valence electrons. The van der Waals surface area contributed by atoms with E-state index in [0.717, 1.165) is 31.2 Å². The van der Waals surface area contributed by atoms with E-state index in [2.05, 4.69) is 24.3 Å². The van der Waals surface area contributed by atoms with Gasteiger partial charge in [-0.25, -0.2) is 4.68 Å². The third-order valence-corrected chi connectivity index (χ3v) is 6.80. The molecule has 0 spiro atoms. The second kappa shape index (κ2) is 10.5. The molecule has 1 aromatic heterocycles. The number of carbonyl (C=O) groups excluding carboxylic acids is 2. The summed E-state index contributed by atoms with van der Waals surface area (Å²) in [5.41, 5.74) is 1.86. The van der Waals surface area contributed by atoms with Crippen molar-refractivity contribution in [3.05, 3.63) is 51.3 Å². The molecular formula is C23H30Cl2N4O2. The first kappa shape index (κ1) is 23.6. The molecule has 0 radical (unpaired) electrons. The van der Waals surface area contributed by atoms with Crippen LogP contribution in [0.5, 0.6) is 0 Å². The second-order valence-corrected chi connectivity index (χ2v) is 8.85. The van der Waals surface area contributed by atoms with Crippen LogP contribution in [0.1, 0.15) is 61.1 Å². The van der Waals surface area contributed by atoms with Crippen LogP contribution in [-0.2, 0) is 11.3 Å². The summed E-state index contributed by atoms with van der Waals surface area (Å²) in [6.07, 6.45) is 3.20. The Hall–Kier alpha value is -2.05. The number of rotatable bonds is 7. The van der Waals surface area contributed by atoms with Gasteiger partial charge < -0.3 is 10.2 Å². The Morgan fingerprint density at radius 1 is 1.16 bits per heavy atom. The fraction of sp³-hybridized carbons (Fsp3) is 0.522. The van der Waals surface area contributed by atoms with E-state index in [4.69, 9.17) is 23.2 Å². The van der Waals surface area contributed by atoms with Gasteiger partial charge in [-0.2, -0.15) is 5.10 Å². The van der Waals surface area contributed by atoms with Gasteiger partial charge in [-0.1, -0.05) is 55.2 Å². The Morgan fingerprint density at radius 2 is 1.81 bits per heavy atom. The van der Waals surface area contributed by atoms with Gasteiger partial charge in [-0.05, 0) is 44.2 Å². The average molecular weight is 465 g/mol. The first-order valence-electron chi connectivity index (χ1n) is 10.9. The highest BCUT2D eigenvalue weighted by Crippen LogP contribution is 2.24. The zero-order chi connectivity index (χ0) is 22.5. The van der Waals surface area contributed by atoms with E-state index in [1.165, 1.54) is 0 Å². The van der Waals surface area contributed by atoms with Crippen LogP contribution in [0.2, 0.25) is 10.2 Å². The predicted molar refractivity (Wildman–Crippen MR) is 124 cm³/mol. The zero-order valence-corrected chi connectivity index (χ0v) is 19.8. The third kappa shape index (κ3) is 5.42. The monoisotopic (exact) mass is 464 g/mol. The smallest absolute Gasteiger partial charge is 0.256 e. The van der Waals surface area contributed by atoms with Crippen molar-refractivity contribution < 1.29 is 9.59 Å². The largest absolute Gasteiger partial charge is 0.349 e. The molecule has 0 unspecified atom stereocenters. The normalized spacial score (nSPS) is 14.8. The molecule has 2 amide bonds. The van der Waals surface area contributed by atoms with E-state index in [0.29, 0.717) is 41.1 Å². The van der Waals surface area contributed by atoms with Crippen LogP contribution in [-0.4, -0.2) is 45.6 Å². The Bertz CT molecular complexity index is 932. The molecule has 1 aliphatic rings. The molecule has 1 saturated heterocycles. The Balaban J connectivity index is 1.62. The number of hydrogen-bond donors (Lipinski definition) is 1. The molecule has 1 fully saturated rings. The van der Waals surface area contributed by atoms with Gasteiger partial charge in [0.1, 0.15) is 5.15 Å². The van der Waals surface area contributed by atoms with Crippen molar-refractivity contribution in [2.45, 2.75) is 59.0 Å². The number of carbonyl (C=O) groups is 2. The first-order chi connectivity index (χ1) is 14.8. The van der Waals surface area contributed by atoms with Crippen molar-refractivity contribution in [2.75, 3.05) is 13.1 Å². The number of nitrogens with zero attached hydrogens (tertiary/aromatic N) is 3. The number of aryl methyl sites for hydroxylation is 1. The standard InChI is InChI=1S/C23H30Cl2N4O2/c1-4-16(5-2)23(31)28-12-10-18(11-13-28)26-22(30)20-15(3)27-29(21(20)25)14-17-8-6-7-9-19(17)24/h6-9,16,18H,4-5,10-14H2,1-3H3,(H,26,30). The molecule has 1 aliphatic heterocycles. The summed E-state index contributed by atoms with van der Waals surface area (Å²) in [6.45, 7) is 7.61. The van der Waals surface area contributed by atoms with Gasteiger partial charge in [-0.3, -0.25) is 9.59 Å². The topological polar surface area (TPSA) is 67.2 Å². The number of benzene rings is 1. The van der Waals surface area contributed by atoms with Crippen LogP contribution in [0.25, 0.3) is 0 Å². The Morgan fingerprint density at radius 3 is 2.42 bits per heavy atom. The van der Waals surface area contributed by atoms with Crippen LogP contribution in [0.3, 0.4) is 0 Å². The van der Waals surface area contributed by atoms with E-state index in [-0.39, 0.29) is 23.8 Å². The number of halogens is 2. The molecule has 31 heavy (non-hydrogen) atoms. The molecule has 0 atom stereocenters. The summed E-state index contributed by atoms with van der Waals surface area (Å²) >= 11 is 12.8. The molecule has 1 aromatic carbocycles. The van der Waals surface area contributed by atoms with E-state index in [1.807, 2.05) is 29.2 Å². The molecule has 3 rings (SSSR count). The molecular weight excluding hydrogens is 435 g/mol. The Labute approximate surface area is 193 Å². The van der Waals surface area contributed by atoms with Crippen LogP contribution in [0.4, 0.5) is 0 Å². The maximum atomic E-state index is 12.9. The molecule has 0 saturated carbocycles. The van der Waals surface area contributed by atoms with Gasteiger partial charge in [0.15, 0.2) is 0 Å². The quantitative estimate of drug-likeness (QED) is 0.645. The van der Waals surface area contributed by atoms with E-state index >= 15 is 0 Å². The van der Waals surface area contributed by atoms with E-state index in [9.17, 15) is 9.59 Å². The fourth-order valence-electron chi connectivity index (χ4n) is 4.10. The van der Waals surface area contributed by atoms with Crippen LogP contribution in [0.15, 0.2) is 24.3 Å². The molecule has 8 heteroatoms. The first-order valence-corrected chi connectivity index (χ1v) is 11.7. The summed E-state index contributed by atoms with van der Waals surface area (Å²) < 4.78 is 1.60. The zero-order valence-electron chi connectivity index (χ0n) is 18.3. The van der Waals surface area contributed by atoms with Gasteiger partial charge in [0.25, 0.3) is 5.91 Å². The number of likely N-dealkylation sites (tertiary alicyclic amines) is 1. The predicted octanol–water partition coefficient (Wildman–Crippen LogP) is 4.70. The van der Waals surface area contributed by atoms with Crippen molar-refractivity contribution in [3.8, 4) is 0 Å². The molecule has 0 bridgehead atoms. The summed E-state index contributed by atoms with van der Waals surface area (Å²) in [7, 11) is 0. The van der Waals surface area contributed by atoms with Crippen molar-refractivity contribution >= 4 is 35.0 Å². The maximum absolute atomic E-state index is 12.9. The van der Waals surface area contributed by atoms with Crippen LogP contribution in [0, 0.1) is 12.8 Å². The molecule has 1 N–H and O–H groups in total. The van der Waals surface area contributed by atoms with Gasteiger partial charge in [0, 0.05) is 30.1 Å². The number of piperidine rings is 1. The molecule has 6 nitrogen and oxygen atoms in total. The molecule has 0 aliphatic carbocycles. The van der Waals surface area contributed by atoms with Crippen LogP contribution >= 0.6 is 23.2 Å². The van der Waals surface area contributed by atoms with Gasteiger partial charge in [0.05, 0.1) is 17.8 Å². The highest BCUT2D eigenvalue weighted by Gasteiger charge is 2.29. The summed E-state index contributed by atoms with van der Waals surface area (Å²) in [4.78, 5) is 27.5. The summed E-state index contributed by atoms with van der Waals surface area (Å²) in [5, 5.41) is 8.46. The Kier molecular flexibility index (Phi) is 8.00.